The van der Waals surface area contributed by atoms with Gasteiger partial charge in [0.2, 0.25) is 10.0 Å². The van der Waals surface area contributed by atoms with Crippen LogP contribution in [-0.2, 0) is 16.6 Å². The second-order valence-electron chi connectivity index (χ2n) is 6.94. The molecule has 8 heteroatoms. The largest absolute Gasteiger partial charge is 0.493 e. The number of thiazole rings is 1. The van der Waals surface area contributed by atoms with Crippen LogP contribution in [-0.4, -0.2) is 27.6 Å². The molecule has 0 aliphatic carbocycles. The number of sulfonamides is 1. The molecule has 0 aliphatic heterocycles. The van der Waals surface area contributed by atoms with Crippen LogP contribution in [0.25, 0.3) is 21.8 Å². The topological polar surface area (TPSA) is 77.5 Å². The Hall–Kier alpha value is -3.20. The third kappa shape index (κ3) is 4.83. The van der Waals surface area contributed by atoms with Crippen molar-refractivity contribution in [1.82, 2.24) is 9.71 Å². The molecule has 6 nitrogen and oxygen atoms in total. The second-order valence-corrected chi connectivity index (χ2v) is 9.57. The van der Waals surface area contributed by atoms with Gasteiger partial charge in [0.15, 0.2) is 11.5 Å². The van der Waals surface area contributed by atoms with Crippen molar-refractivity contribution >= 4 is 21.4 Å². The van der Waals surface area contributed by atoms with Gasteiger partial charge in [0, 0.05) is 23.1 Å². The molecule has 3 aromatic carbocycles. The van der Waals surface area contributed by atoms with Crippen molar-refractivity contribution in [2.45, 2.75) is 11.4 Å². The van der Waals surface area contributed by atoms with Crippen molar-refractivity contribution in [2.75, 3.05) is 14.2 Å². The average molecular weight is 467 g/mol. The van der Waals surface area contributed by atoms with Crippen LogP contribution in [0.15, 0.2) is 83.1 Å². The summed E-state index contributed by atoms with van der Waals surface area (Å²) in [5.41, 5.74) is 3.63. The van der Waals surface area contributed by atoms with Gasteiger partial charge in [-0.05, 0) is 35.9 Å². The Kier molecular flexibility index (Phi) is 6.55. The summed E-state index contributed by atoms with van der Waals surface area (Å²) in [4.78, 5) is 5.00. The van der Waals surface area contributed by atoms with Crippen LogP contribution in [0.4, 0.5) is 0 Å². The summed E-state index contributed by atoms with van der Waals surface area (Å²) in [6, 6.07) is 21.7. The Morgan fingerprint density at radius 3 is 2.25 bits per heavy atom. The summed E-state index contributed by atoms with van der Waals surface area (Å²) in [7, 11) is -0.326. The number of ether oxygens (including phenoxy) is 2. The first-order valence-corrected chi connectivity index (χ1v) is 12.2. The van der Waals surface area contributed by atoms with E-state index < -0.39 is 10.0 Å². The van der Waals surface area contributed by atoms with Crippen LogP contribution in [0.2, 0.25) is 0 Å². The van der Waals surface area contributed by atoms with Crippen LogP contribution in [0, 0.1) is 0 Å². The van der Waals surface area contributed by atoms with Gasteiger partial charge in [-0.3, -0.25) is 0 Å². The minimum atomic E-state index is -3.54. The van der Waals surface area contributed by atoms with Gasteiger partial charge in [0.05, 0.1) is 24.8 Å². The third-order valence-electron chi connectivity index (χ3n) is 4.90. The zero-order chi connectivity index (χ0) is 22.6. The maximum absolute atomic E-state index is 12.4. The second kappa shape index (κ2) is 9.52. The monoisotopic (exact) mass is 466 g/mol. The zero-order valence-corrected chi connectivity index (χ0v) is 19.2. The molecule has 164 valence electrons. The Bertz CT molecular complexity index is 1300. The standard InChI is InChI=1S/C24H22N2O4S2/c1-29-22-13-12-19(14-23(22)30-2)21-16-31-24(26-21)18-10-8-17(9-11-18)15-25-32(27,28)20-6-4-3-5-7-20/h3-14,16,25H,15H2,1-2H3. The van der Waals surface area contributed by atoms with Gasteiger partial charge >= 0.3 is 0 Å². The lowest BCUT2D eigenvalue weighted by atomic mass is 10.1. The first-order chi connectivity index (χ1) is 15.5. The van der Waals surface area contributed by atoms with E-state index >= 15 is 0 Å². The maximum Gasteiger partial charge on any atom is 0.240 e. The van der Waals surface area contributed by atoms with Gasteiger partial charge in [0.25, 0.3) is 0 Å². The molecule has 0 radical (unpaired) electrons. The third-order valence-corrected chi connectivity index (χ3v) is 7.21. The van der Waals surface area contributed by atoms with Crippen molar-refractivity contribution in [3.8, 4) is 33.3 Å². The molecule has 0 aliphatic rings. The molecule has 0 spiro atoms. The number of methoxy groups -OCH3 is 2. The molecule has 0 atom stereocenters. The van der Waals surface area contributed by atoms with Crippen molar-refractivity contribution < 1.29 is 17.9 Å². The normalized spacial score (nSPS) is 11.3. The first-order valence-electron chi connectivity index (χ1n) is 9.82. The van der Waals surface area contributed by atoms with Crippen molar-refractivity contribution in [2.24, 2.45) is 0 Å². The summed E-state index contributed by atoms with van der Waals surface area (Å²) in [6.07, 6.45) is 0. The minimum Gasteiger partial charge on any atom is -0.493 e. The highest BCUT2D eigenvalue weighted by Gasteiger charge is 2.13. The van der Waals surface area contributed by atoms with E-state index in [-0.39, 0.29) is 11.4 Å². The van der Waals surface area contributed by atoms with Crippen LogP contribution < -0.4 is 14.2 Å². The number of nitrogens with zero attached hydrogens (tertiary/aromatic N) is 1. The lowest BCUT2D eigenvalue weighted by Gasteiger charge is -2.08. The maximum atomic E-state index is 12.4. The van der Waals surface area contributed by atoms with Gasteiger partial charge in [-0.1, -0.05) is 42.5 Å². The Labute approximate surface area is 191 Å². The van der Waals surface area contributed by atoms with Crippen molar-refractivity contribution in [3.05, 3.63) is 83.7 Å². The van der Waals surface area contributed by atoms with E-state index in [1.807, 2.05) is 47.8 Å². The number of nitrogens with one attached hydrogen (secondary N) is 1. The Balaban J connectivity index is 1.47. The molecule has 0 saturated heterocycles. The summed E-state index contributed by atoms with van der Waals surface area (Å²) in [6.45, 7) is 0.215. The molecule has 1 aromatic heterocycles. The van der Waals surface area contributed by atoms with Crippen LogP contribution in [0.1, 0.15) is 5.56 Å². The van der Waals surface area contributed by atoms with Crippen LogP contribution in [0.3, 0.4) is 0 Å². The van der Waals surface area contributed by atoms with E-state index in [0.717, 1.165) is 27.4 Å². The molecular weight excluding hydrogens is 444 g/mol. The van der Waals surface area contributed by atoms with E-state index in [2.05, 4.69) is 4.72 Å². The number of aromatic nitrogens is 1. The van der Waals surface area contributed by atoms with E-state index in [0.29, 0.717) is 11.5 Å². The van der Waals surface area contributed by atoms with Crippen molar-refractivity contribution in [3.63, 3.8) is 0 Å². The fraction of sp³-hybridized carbons (Fsp3) is 0.125. The number of hydrogen-bond acceptors (Lipinski definition) is 6. The molecule has 1 heterocycles. The molecule has 0 amide bonds. The molecule has 0 saturated carbocycles. The predicted molar refractivity (Wildman–Crippen MR) is 127 cm³/mol. The first kappa shape index (κ1) is 22.0. The smallest absolute Gasteiger partial charge is 0.240 e. The molecule has 0 unspecified atom stereocenters. The number of rotatable bonds is 8. The fourth-order valence-corrected chi connectivity index (χ4v) is 5.04. The summed E-state index contributed by atoms with van der Waals surface area (Å²) < 4.78 is 38.1. The van der Waals surface area contributed by atoms with Crippen molar-refractivity contribution in [1.29, 1.82) is 0 Å². The number of benzene rings is 3. The van der Waals surface area contributed by atoms with Gasteiger partial charge < -0.3 is 9.47 Å². The zero-order valence-electron chi connectivity index (χ0n) is 17.6. The Morgan fingerprint density at radius 1 is 0.875 bits per heavy atom. The molecule has 0 fully saturated rings. The SMILES string of the molecule is COc1ccc(-c2csc(-c3ccc(CNS(=O)(=O)c4ccccc4)cc3)n2)cc1OC. The number of hydrogen-bond donors (Lipinski definition) is 1. The average Bonchev–Trinajstić information content (AvgIpc) is 3.33. The molecule has 32 heavy (non-hydrogen) atoms. The predicted octanol–water partition coefficient (Wildman–Crippen LogP) is 4.97. The molecule has 4 aromatic rings. The van der Waals surface area contributed by atoms with E-state index in [1.165, 1.54) is 0 Å². The fourth-order valence-electron chi connectivity index (χ4n) is 3.16. The molecule has 1 N–H and O–H groups in total. The highest BCUT2D eigenvalue weighted by molar-refractivity contribution is 7.89. The Morgan fingerprint density at radius 2 is 1.56 bits per heavy atom. The van der Waals surface area contributed by atoms with Gasteiger partial charge in [0.1, 0.15) is 5.01 Å². The quantitative estimate of drug-likeness (QED) is 0.397. The lowest BCUT2D eigenvalue weighted by Crippen LogP contribution is -2.23. The van der Waals surface area contributed by atoms with Gasteiger partial charge in [-0.25, -0.2) is 18.1 Å². The van der Waals surface area contributed by atoms with Crippen LogP contribution in [0.5, 0.6) is 11.5 Å². The van der Waals surface area contributed by atoms with Crippen LogP contribution >= 0.6 is 11.3 Å². The van der Waals surface area contributed by atoms with E-state index in [9.17, 15) is 8.42 Å². The summed E-state index contributed by atoms with van der Waals surface area (Å²) in [5.74, 6) is 1.33. The van der Waals surface area contributed by atoms with E-state index in [1.54, 1.807) is 55.9 Å². The highest BCUT2D eigenvalue weighted by atomic mass is 32.2. The van der Waals surface area contributed by atoms with E-state index in [4.69, 9.17) is 14.5 Å². The highest BCUT2D eigenvalue weighted by Crippen LogP contribution is 2.34. The molecular formula is C24H22N2O4S2. The summed E-state index contributed by atoms with van der Waals surface area (Å²) >= 11 is 1.55. The summed E-state index contributed by atoms with van der Waals surface area (Å²) in [5, 5.41) is 2.88. The molecule has 0 bridgehead atoms. The minimum absolute atomic E-state index is 0.215. The van der Waals surface area contributed by atoms with Gasteiger partial charge in [-0.2, -0.15) is 0 Å². The lowest BCUT2D eigenvalue weighted by molar-refractivity contribution is 0.355. The van der Waals surface area contributed by atoms with Gasteiger partial charge in [-0.15, -0.1) is 11.3 Å². The molecule has 4 rings (SSSR count).